The van der Waals surface area contributed by atoms with Gasteiger partial charge in [0, 0.05) is 0 Å². The fraction of sp³-hybridized carbons (Fsp3) is 0.333. The van der Waals surface area contributed by atoms with E-state index in [1.165, 1.54) is 48.8 Å². The van der Waals surface area contributed by atoms with Gasteiger partial charge in [-0.1, -0.05) is 53.6 Å². The summed E-state index contributed by atoms with van der Waals surface area (Å²) in [5.74, 6) is 0. The summed E-state index contributed by atoms with van der Waals surface area (Å²) in [5.41, 5.74) is 14.1. The van der Waals surface area contributed by atoms with Gasteiger partial charge in [-0.25, -0.2) is 0 Å². The zero-order valence-electron chi connectivity index (χ0n) is 14.5. The molecule has 0 aliphatic heterocycles. The van der Waals surface area contributed by atoms with Gasteiger partial charge in [0.05, 0.1) is 0 Å². The number of hydrogen-bond acceptors (Lipinski definition) is 0. The molecule has 1 aromatic carbocycles. The third kappa shape index (κ3) is 2.28. The highest BCUT2D eigenvalue weighted by Gasteiger charge is 2.27. The lowest BCUT2D eigenvalue weighted by atomic mass is 9.79. The summed E-state index contributed by atoms with van der Waals surface area (Å²) >= 11 is 0. The predicted octanol–water partition coefficient (Wildman–Crippen LogP) is 6.47. The van der Waals surface area contributed by atoms with Gasteiger partial charge in [0.25, 0.3) is 0 Å². The van der Waals surface area contributed by atoms with Gasteiger partial charge >= 0.3 is 0 Å². The van der Waals surface area contributed by atoms with Crippen LogP contribution in [0.5, 0.6) is 0 Å². The van der Waals surface area contributed by atoms with Crippen molar-refractivity contribution in [1.29, 1.82) is 0 Å². The SMILES string of the molecule is CC1=C(CC2=Cc3ccccc3C2)C2=CC3=C(CCCC3)CC2=C1. The minimum absolute atomic E-state index is 1.12. The number of hydrogen-bond donors (Lipinski definition) is 0. The standard InChI is InChI=1S/C24H24/c1-16-10-22-14-20-8-4-5-9-21(20)15-24(22)23(16)13-17-11-18-6-2-3-7-19(18)12-17/h2-3,6-7,10-11,15H,4-5,8-9,12-14H2,1H3. The molecule has 0 spiro atoms. The van der Waals surface area contributed by atoms with E-state index in [-0.39, 0.29) is 0 Å². The molecule has 0 aromatic heterocycles. The Balaban J connectivity index is 1.44. The van der Waals surface area contributed by atoms with Crippen LogP contribution in [0.1, 0.15) is 56.6 Å². The monoisotopic (exact) mass is 312 g/mol. The van der Waals surface area contributed by atoms with Gasteiger partial charge in [-0.3, -0.25) is 0 Å². The van der Waals surface area contributed by atoms with E-state index in [1.54, 1.807) is 33.4 Å². The molecule has 4 aliphatic carbocycles. The van der Waals surface area contributed by atoms with Crippen LogP contribution in [-0.2, 0) is 6.42 Å². The summed E-state index contributed by atoms with van der Waals surface area (Å²) in [6.45, 7) is 2.31. The normalized spacial score (nSPS) is 22.0. The van der Waals surface area contributed by atoms with Gasteiger partial charge in [-0.05, 0) is 90.9 Å². The van der Waals surface area contributed by atoms with Gasteiger partial charge in [0.2, 0.25) is 0 Å². The quantitative estimate of drug-likeness (QED) is 0.587. The molecule has 0 nitrogen and oxygen atoms in total. The number of fused-ring (bicyclic) bond motifs is 2. The average molecular weight is 312 g/mol. The maximum atomic E-state index is 2.54. The molecule has 0 unspecified atom stereocenters. The summed E-state index contributed by atoms with van der Waals surface area (Å²) in [7, 11) is 0. The van der Waals surface area contributed by atoms with Crippen molar-refractivity contribution in [1.82, 2.24) is 0 Å². The molecule has 4 aliphatic rings. The van der Waals surface area contributed by atoms with E-state index in [1.807, 2.05) is 0 Å². The highest BCUT2D eigenvalue weighted by atomic mass is 14.3. The van der Waals surface area contributed by atoms with Crippen molar-refractivity contribution in [3.8, 4) is 0 Å². The van der Waals surface area contributed by atoms with Gasteiger partial charge in [0.15, 0.2) is 0 Å². The van der Waals surface area contributed by atoms with Gasteiger partial charge in [-0.2, -0.15) is 0 Å². The van der Waals surface area contributed by atoms with Crippen LogP contribution in [-0.4, -0.2) is 0 Å². The molecule has 1 aromatic rings. The van der Waals surface area contributed by atoms with Gasteiger partial charge < -0.3 is 0 Å². The first-order valence-corrected chi connectivity index (χ1v) is 9.39. The zero-order chi connectivity index (χ0) is 16.1. The lowest BCUT2D eigenvalue weighted by Gasteiger charge is -2.25. The smallest absolute Gasteiger partial charge is 0.00518 e. The molecule has 0 heteroatoms. The fourth-order valence-electron chi connectivity index (χ4n) is 4.86. The topological polar surface area (TPSA) is 0 Å². The van der Waals surface area contributed by atoms with Crippen LogP contribution in [0.4, 0.5) is 0 Å². The Morgan fingerprint density at radius 3 is 2.71 bits per heavy atom. The van der Waals surface area contributed by atoms with E-state index in [0.717, 1.165) is 12.8 Å². The molecule has 24 heavy (non-hydrogen) atoms. The van der Waals surface area contributed by atoms with E-state index in [4.69, 9.17) is 0 Å². The summed E-state index contributed by atoms with van der Waals surface area (Å²) in [4.78, 5) is 0. The van der Waals surface area contributed by atoms with Crippen molar-refractivity contribution in [2.45, 2.75) is 51.9 Å². The van der Waals surface area contributed by atoms with Crippen LogP contribution in [0.2, 0.25) is 0 Å². The second-order valence-electron chi connectivity index (χ2n) is 7.76. The molecule has 120 valence electrons. The van der Waals surface area contributed by atoms with E-state index in [0.29, 0.717) is 0 Å². The van der Waals surface area contributed by atoms with Crippen LogP contribution in [0, 0.1) is 0 Å². The Bertz CT molecular complexity index is 880. The molecule has 0 saturated heterocycles. The van der Waals surface area contributed by atoms with Crippen LogP contribution in [0.3, 0.4) is 0 Å². The van der Waals surface area contributed by atoms with Gasteiger partial charge in [0.1, 0.15) is 0 Å². The van der Waals surface area contributed by atoms with Crippen molar-refractivity contribution in [2.24, 2.45) is 0 Å². The van der Waals surface area contributed by atoms with E-state index < -0.39 is 0 Å². The molecule has 0 saturated carbocycles. The molecular weight excluding hydrogens is 288 g/mol. The molecule has 0 bridgehead atoms. The van der Waals surface area contributed by atoms with Crippen molar-refractivity contribution < 1.29 is 0 Å². The lowest BCUT2D eigenvalue weighted by Crippen LogP contribution is -2.07. The minimum Gasteiger partial charge on any atom is -0.0626 e. The predicted molar refractivity (Wildman–Crippen MR) is 102 cm³/mol. The molecule has 0 radical (unpaired) electrons. The third-order valence-corrected chi connectivity index (χ3v) is 6.13. The summed E-state index contributed by atoms with van der Waals surface area (Å²) in [6, 6.07) is 8.84. The van der Waals surface area contributed by atoms with Crippen molar-refractivity contribution in [3.63, 3.8) is 0 Å². The van der Waals surface area contributed by atoms with Crippen molar-refractivity contribution >= 4 is 6.08 Å². The maximum Gasteiger partial charge on any atom is -0.00518 e. The van der Waals surface area contributed by atoms with Crippen LogP contribution in [0.25, 0.3) is 6.08 Å². The van der Waals surface area contributed by atoms with Crippen molar-refractivity contribution in [2.75, 3.05) is 0 Å². The maximum absolute atomic E-state index is 2.54. The van der Waals surface area contributed by atoms with E-state index >= 15 is 0 Å². The first-order chi connectivity index (χ1) is 11.8. The molecule has 0 heterocycles. The van der Waals surface area contributed by atoms with Gasteiger partial charge in [-0.15, -0.1) is 0 Å². The summed E-state index contributed by atoms with van der Waals surface area (Å²) in [5, 5.41) is 0. The largest absolute Gasteiger partial charge is 0.0626 e. The molecule has 0 fully saturated rings. The first kappa shape index (κ1) is 14.3. The molecule has 0 atom stereocenters. The number of allylic oxidation sites excluding steroid dienone is 9. The van der Waals surface area contributed by atoms with Crippen LogP contribution in [0.15, 0.2) is 75.4 Å². The first-order valence-electron chi connectivity index (χ1n) is 9.39. The Labute approximate surface area is 145 Å². The molecule has 0 amide bonds. The van der Waals surface area contributed by atoms with Crippen LogP contribution < -0.4 is 0 Å². The highest BCUT2D eigenvalue weighted by molar-refractivity contribution is 5.69. The Kier molecular flexibility index (Phi) is 3.26. The second kappa shape index (κ2) is 5.48. The molecular formula is C24H24. The molecule has 0 N–H and O–H groups in total. The van der Waals surface area contributed by atoms with Crippen molar-refractivity contribution in [3.05, 3.63) is 86.6 Å². The summed E-state index contributed by atoms with van der Waals surface area (Å²) in [6.07, 6.45) is 16.3. The lowest BCUT2D eigenvalue weighted by molar-refractivity contribution is 0.664. The fourth-order valence-corrected chi connectivity index (χ4v) is 4.86. The Morgan fingerprint density at radius 2 is 1.79 bits per heavy atom. The molecule has 5 rings (SSSR count). The summed E-state index contributed by atoms with van der Waals surface area (Å²) < 4.78 is 0. The van der Waals surface area contributed by atoms with Crippen LogP contribution >= 0.6 is 0 Å². The Morgan fingerprint density at radius 1 is 0.917 bits per heavy atom. The van der Waals surface area contributed by atoms with E-state index in [9.17, 15) is 0 Å². The second-order valence-corrected chi connectivity index (χ2v) is 7.76. The van der Waals surface area contributed by atoms with E-state index in [2.05, 4.69) is 49.4 Å². The minimum atomic E-state index is 1.12. The number of rotatable bonds is 2. The zero-order valence-corrected chi connectivity index (χ0v) is 14.5. The highest BCUT2D eigenvalue weighted by Crippen LogP contribution is 2.46. The number of benzene rings is 1. The average Bonchev–Trinajstić information content (AvgIpc) is 3.14. The third-order valence-electron chi connectivity index (χ3n) is 6.13. The Hall–Kier alpha value is -2.08.